The molecule has 2 fully saturated rings. The first kappa shape index (κ1) is 45.3. The molecule has 14 heteroatoms. The first-order valence-electron chi connectivity index (χ1n) is 23.3. The van der Waals surface area contributed by atoms with Gasteiger partial charge in [0.2, 0.25) is 11.8 Å². The molecular formula is C50H64N6O8. The number of aliphatic hydroxyl groups is 2. The van der Waals surface area contributed by atoms with Crippen LogP contribution in [-0.2, 0) is 32.0 Å². The fourth-order valence-corrected chi connectivity index (χ4v) is 10.4. The molecule has 0 saturated heterocycles. The van der Waals surface area contributed by atoms with Crippen LogP contribution in [0.15, 0.2) is 60.9 Å². The van der Waals surface area contributed by atoms with Crippen LogP contribution in [0, 0.1) is 23.7 Å². The van der Waals surface area contributed by atoms with Gasteiger partial charge in [-0.2, -0.15) is 0 Å². The highest BCUT2D eigenvalue weighted by Crippen LogP contribution is 2.45. The molecule has 64 heavy (non-hydrogen) atoms. The van der Waals surface area contributed by atoms with Crippen molar-refractivity contribution in [3.05, 3.63) is 83.2 Å². The molecule has 2 aromatic heterocycles. The summed E-state index contributed by atoms with van der Waals surface area (Å²) in [6.07, 6.45) is 12.0. The standard InChI is InChI=1S/2C23H29N3O.C4H6O6/c2*1-3-25(4-2)23(27)17-10-19-18-6-5-7-20-22(18)16(12-24-20)11-21(19)26(14-17)13-15-8-9-15;5-1(3(7)8)2(6)4(9)10/h2*5-7,10,12,15,17,21,24H,3-4,8-9,11,13-14H2,1-2H3;1-2,5-6H,(H,7,8)(H,9,10)/t2*17-,21-;/m11./s1. The van der Waals surface area contributed by atoms with E-state index < -0.39 is 24.1 Å². The maximum Gasteiger partial charge on any atom is 0.335 e. The molecule has 14 nitrogen and oxygen atoms in total. The monoisotopic (exact) mass is 876 g/mol. The van der Waals surface area contributed by atoms with Crippen LogP contribution >= 0.6 is 0 Å². The molecular weight excluding hydrogens is 813 g/mol. The summed E-state index contributed by atoms with van der Waals surface area (Å²) in [5.74, 6) is -1.34. The number of nitrogens with one attached hydrogen (secondary N) is 2. The summed E-state index contributed by atoms with van der Waals surface area (Å²) < 4.78 is 0. The number of aromatic amines is 2. The first-order valence-corrected chi connectivity index (χ1v) is 23.3. The van der Waals surface area contributed by atoms with Gasteiger partial charge in [-0.3, -0.25) is 19.4 Å². The Balaban J connectivity index is 0.000000145. The summed E-state index contributed by atoms with van der Waals surface area (Å²) in [6.45, 7) is 15.5. The molecule has 0 bridgehead atoms. The van der Waals surface area contributed by atoms with Crippen molar-refractivity contribution in [1.29, 1.82) is 0 Å². The quantitative estimate of drug-likeness (QED) is 0.103. The number of hydrogen-bond acceptors (Lipinski definition) is 8. The molecule has 4 aromatic rings. The average molecular weight is 877 g/mol. The Hall–Kier alpha value is -5.28. The molecule has 2 unspecified atom stereocenters. The molecule has 4 heterocycles. The molecule has 6 N–H and O–H groups in total. The largest absolute Gasteiger partial charge is 0.479 e. The molecule has 0 spiro atoms. The van der Waals surface area contributed by atoms with E-state index in [9.17, 15) is 19.2 Å². The Morgan fingerprint density at radius 3 is 1.33 bits per heavy atom. The third-order valence-corrected chi connectivity index (χ3v) is 14.2. The second-order valence-electron chi connectivity index (χ2n) is 18.4. The molecule has 2 aromatic carbocycles. The Kier molecular flexibility index (Phi) is 13.5. The Bertz CT molecular complexity index is 2270. The number of aromatic nitrogens is 2. The lowest BCUT2D eigenvalue weighted by Crippen LogP contribution is -2.49. The molecule has 0 radical (unpaired) electrons. The predicted octanol–water partition coefficient (Wildman–Crippen LogP) is 5.25. The van der Waals surface area contributed by atoms with E-state index in [1.807, 2.05) is 9.80 Å². The van der Waals surface area contributed by atoms with Crippen LogP contribution in [-0.4, -0.2) is 150 Å². The van der Waals surface area contributed by atoms with E-state index in [0.717, 1.165) is 77.0 Å². The zero-order valence-electron chi connectivity index (χ0n) is 37.5. The minimum absolute atomic E-state index is 0.0225. The van der Waals surface area contributed by atoms with Gasteiger partial charge in [0, 0.05) is 98.6 Å². The molecule has 2 saturated carbocycles. The smallest absolute Gasteiger partial charge is 0.335 e. The van der Waals surface area contributed by atoms with E-state index in [1.165, 1.54) is 80.9 Å². The van der Waals surface area contributed by atoms with Crippen LogP contribution in [0.5, 0.6) is 0 Å². The minimum Gasteiger partial charge on any atom is -0.479 e. The number of nitrogens with zero attached hydrogens (tertiary/aromatic N) is 4. The molecule has 4 aliphatic carbocycles. The molecule has 2 amide bonds. The second-order valence-corrected chi connectivity index (χ2v) is 18.4. The summed E-state index contributed by atoms with van der Waals surface area (Å²) in [6, 6.07) is 13.9. The number of benzene rings is 2. The Morgan fingerprint density at radius 1 is 0.625 bits per heavy atom. The zero-order chi connectivity index (χ0) is 45.4. The summed E-state index contributed by atoms with van der Waals surface area (Å²) >= 11 is 0. The number of aliphatic hydroxyl groups excluding tert-OH is 2. The number of H-pyrrole nitrogens is 2. The Labute approximate surface area is 374 Å². The normalized spacial score (nSPS) is 23.2. The molecule has 10 rings (SSSR count). The number of rotatable bonds is 13. The van der Waals surface area contributed by atoms with Gasteiger partial charge in [-0.1, -0.05) is 36.4 Å². The predicted molar refractivity (Wildman–Crippen MR) is 246 cm³/mol. The van der Waals surface area contributed by atoms with Crippen molar-refractivity contribution < 1.29 is 39.6 Å². The van der Waals surface area contributed by atoms with Gasteiger partial charge in [0.1, 0.15) is 0 Å². The van der Waals surface area contributed by atoms with E-state index >= 15 is 0 Å². The number of carboxylic acids is 2. The van der Waals surface area contributed by atoms with Crippen molar-refractivity contribution in [3.8, 4) is 0 Å². The molecule has 6 atom stereocenters. The maximum absolute atomic E-state index is 13.2. The van der Waals surface area contributed by atoms with Crippen molar-refractivity contribution in [2.24, 2.45) is 23.7 Å². The second kappa shape index (κ2) is 19.1. The lowest BCUT2D eigenvalue weighted by Gasteiger charge is -2.42. The number of carboxylic acid groups (broad SMARTS) is 2. The van der Waals surface area contributed by atoms with Crippen LogP contribution in [0.25, 0.3) is 33.0 Å². The molecule has 342 valence electrons. The highest BCUT2D eigenvalue weighted by Gasteiger charge is 2.42. The SMILES string of the molecule is CCN(CC)C(=O)[C@@H]1C=C2c3cccc4[nH]cc(c34)C[C@H]2N(CC2CC2)C1.CCN(CC)C(=O)[C@@H]1C=C2c3cccc4[nH]cc(c34)C[C@H]2N(CC2CC2)C1.O=C(O)C(O)C(O)C(=O)O. The van der Waals surface area contributed by atoms with Gasteiger partial charge < -0.3 is 40.2 Å². The number of aliphatic carboxylic acids is 2. The number of carbonyl (C=O) groups is 4. The highest BCUT2D eigenvalue weighted by atomic mass is 16.4. The lowest BCUT2D eigenvalue weighted by molar-refractivity contribution is -0.165. The first-order chi connectivity index (χ1) is 30.8. The minimum atomic E-state index is -2.27. The Morgan fingerprint density at radius 2 is 1.00 bits per heavy atom. The zero-order valence-corrected chi connectivity index (χ0v) is 37.5. The van der Waals surface area contributed by atoms with Gasteiger partial charge in [0.25, 0.3) is 0 Å². The number of fused-ring (bicyclic) bond motifs is 4. The molecule has 2 aliphatic heterocycles. The third-order valence-electron chi connectivity index (χ3n) is 14.2. The van der Waals surface area contributed by atoms with E-state index in [-0.39, 0.29) is 11.8 Å². The van der Waals surface area contributed by atoms with Gasteiger partial charge in [0.15, 0.2) is 12.2 Å². The summed E-state index contributed by atoms with van der Waals surface area (Å²) in [5, 5.41) is 35.3. The van der Waals surface area contributed by atoms with Crippen LogP contribution in [0.4, 0.5) is 0 Å². The maximum atomic E-state index is 13.2. The van der Waals surface area contributed by atoms with Crippen molar-refractivity contribution >= 4 is 56.7 Å². The van der Waals surface area contributed by atoms with Gasteiger partial charge in [0.05, 0.1) is 11.8 Å². The van der Waals surface area contributed by atoms with Gasteiger partial charge in [-0.15, -0.1) is 0 Å². The van der Waals surface area contributed by atoms with Crippen molar-refractivity contribution in [1.82, 2.24) is 29.6 Å². The topological polar surface area (TPSA) is 194 Å². The third kappa shape index (κ3) is 9.15. The van der Waals surface area contributed by atoms with E-state index in [1.54, 1.807) is 0 Å². The summed E-state index contributed by atoms with van der Waals surface area (Å²) in [5.41, 5.74) is 10.7. The average Bonchev–Trinajstić information content (AvgIpc) is 4.23. The van der Waals surface area contributed by atoms with Crippen LogP contribution in [0.3, 0.4) is 0 Å². The van der Waals surface area contributed by atoms with Crippen molar-refractivity contribution in [2.75, 3.05) is 52.4 Å². The van der Waals surface area contributed by atoms with Crippen LogP contribution < -0.4 is 0 Å². The van der Waals surface area contributed by atoms with Gasteiger partial charge in [-0.05, 0) is 124 Å². The molecule has 6 aliphatic rings. The fraction of sp³-hybridized carbons (Fsp3) is 0.520. The van der Waals surface area contributed by atoms with Gasteiger partial charge >= 0.3 is 11.9 Å². The van der Waals surface area contributed by atoms with E-state index in [2.05, 4.69) is 108 Å². The van der Waals surface area contributed by atoms with Crippen LogP contribution in [0.2, 0.25) is 0 Å². The number of carbonyl (C=O) groups excluding carboxylic acids is 2. The van der Waals surface area contributed by atoms with Gasteiger partial charge in [-0.25, -0.2) is 9.59 Å². The van der Waals surface area contributed by atoms with E-state index in [0.29, 0.717) is 23.9 Å². The van der Waals surface area contributed by atoms with E-state index in [4.69, 9.17) is 20.4 Å². The summed E-state index contributed by atoms with van der Waals surface area (Å²) in [7, 11) is 0. The summed E-state index contributed by atoms with van der Waals surface area (Å²) in [4.78, 5) is 62.0. The number of hydrogen-bond donors (Lipinski definition) is 6. The van der Waals surface area contributed by atoms with Crippen molar-refractivity contribution in [2.45, 2.75) is 90.5 Å². The number of amides is 2. The highest BCUT2D eigenvalue weighted by molar-refractivity contribution is 6.00. The lowest BCUT2D eigenvalue weighted by atomic mass is 9.79. The fourth-order valence-electron chi connectivity index (χ4n) is 10.4. The van der Waals surface area contributed by atoms with Crippen LogP contribution in [0.1, 0.15) is 75.6 Å². The van der Waals surface area contributed by atoms with Crippen molar-refractivity contribution in [3.63, 3.8) is 0 Å².